The number of nitrogens with zero attached hydrogens (tertiary/aromatic N) is 5. The second-order valence-corrected chi connectivity index (χ2v) is 5.01. The van der Waals surface area contributed by atoms with Gasteiger partial charge in [-0.25, -0.2) is 4.98 Å². The van der Waals surface area contributed by atoms with E-state index >= 15 is 0 Å². The fraction of sp³-hybridized carbons (Fsp3) is 0.538. The molecule has 7 heteroatoms. The molecular weight excluding hydrogens is 254 g/mol. The van der Waals surface area contributed by atoms with Crippen LogP contribution in [-0.4, -0.2) is 38.1 Å². The molecule has 106 valence electrons. The molecule has 7 nitrogen and oxygen atoms in total. The summed E-state index contributed by atoms with van der Waals surface area (Å²) in [6.45, 7) is 0.896. The van der Waals surface area contributed by atoms with Crippen LogP contribution in [-0.2, 0) is 0 Å². The average Bonchev–Trinajstić information content (AvgIpc) is 3.14. The van der Waals surface area contributed by atoms with Crippen LogP contribution in [0, 0.1) is 5.92 Å². The summed E-state index contributed by atoms with van der Waals surface area (Å²) >= 11 is 0. The first-order valence-electron chi connectivity index (χ1n) is 7.01. The minimum atomic E-state index is 0.549. The smallest absolute Gasteiger partial charge is 0.241 e. The number of hydrogen-bond donors (Lipinski definition) is 2. The Morgan fingerprint density at radius 3 is 2.80 bits per heavy atom. The predicted molar refractivity (Wildman–Crippen MR) is 76.9 cm³/mol. The van der Waals surface area contributed by atoms with Crippen molar-refractivity contribution in [3.63, 3.8) is 0 Å². The molecule has 1 aliphatic rings. The van der Waals surface area contributed by atoms with Gasteiger partial charge in [0.15, 0.2) is 0 Å². The number of hydrogen-bond acceptors (Lipinski definition) is 6. The molecule has 2 N–H and O–H groups in total. The Labute approximate surface area is 117 Å². The summed E-state index contributed by atoms with van der Waals surface area (Å²) < 4.78 is 1.76. The van der Waals surface area contributed by atoms with E-state index in [1.165, 1.54) is 19.3 Å². The zero-order valence-electron chi connectivity index (χ0n) is 11.6. The molecule has 20 heavy (non-hydrogen) atoms. The van der Waals surface area contributed by atoms with Crippen molar-refractivity contribution in [2.45, 2.75) is 25.7 Å². The molecule has 0 saturated heterocycles. The first-order chi connectivity index (χ1) is 9.85. The van der Waals surface area contributed by atoms with Crippen LogP contribution in [0.2, 0.25) is 0 Å². The van der Waals surface area contributed by atoms with Gasteiger partial charge in [-0.05, 0) is 18.8 Å². The molecule has 2 heterocycles. The van der Waals surface area contributed by atoms with E-state index in [2.05, 4.69) is 30.6 Å². The Hall–Kier alpha value is -2.18. The Morgan fingerprint density at radius 1 is 1.25 bits per heavy atom. The summed E-state index contributed by atoms with van der Waals surface area (Å²) in [5.74, 6) is 2.67. The molecule has 0 radical (unpaired) electrons. The lowest BCUT2D eigenvalue weighted by Crippen LogP contribution is -2.11. The van der Waals surface area contributed by atoms with Crippen LogP contribution < -0.4 is 10.6 Å². The number of imidazole rings is 1. The van der Waals surface area contributed by atoms with Crippen LogP contribution in [0.4, 0.5) is 11.9 Å². The van der Waals surface area contributed by atoms with E-state index in [1.807, 2.05) is 6.20 Å². The van der Waals surface area contributed by atoms with Gasteiger partial charge >= 0.3 is 0 Å². The molecule has 1 fully saturated rings. The van der Waals surface area contributed by atoms with Crippen molar-refractivity contribution in [2.24, 2.45) is 5.92 Å². The minimum Gasteiger partial charge on any atom is -0.357 e. The Bertz CT molecular complexity index is 548. The molecule has 0 aliphatic heterocycles. The van der Waals surface area contributed by atoms with Crippen LogP contribution in [0.15, 0.2) is 18.7 Å². The maximum absolute atomic E-state index is 4.41. The lowest BCUT2D eigenvalue weighted by molar-refractivity contribution is 0.685. The van der Waals surface area contributed by atoms with Crippen molar-refractivity contribution in [3.8, 4) is 5.95 Å². The molecule has 0 spiro atoms. The lowest BCUT2D eigenvalue weighted by Gasteiger charge is -2.08. The van der Waals surface area contributed by atoms with Crippen LogP contribution in [0.5, 0.6) is 0 Å². The van der Waals surface area contributed by atoms with Crippen molar-refractivity contribution in [1.82, 2.24) is 24.5 Å². The highest BCUT2D eigenvalue weighted by Gasteiger charge is 2.20. The number of aromatic nitrogens is 5. The molecule has 3 rings (SSSR count). The highest BCUT2D eigenvalue weighted by molar-refractivity contribution is 5.37. The topological polar surface area (TPSA) is 80.5 Å². The first-order valence-corrected chi connectivity index (χ1v) is 7.01. The zero-order chi connectivity index (χ0) is 13.8. The average molecular weight is 273 g/mol. The summed E-state index contributed by atoms with van der Waals surface area (Å²) in [6.07, 6.45) is 10.4. The van der Waals surface area contributed by atoms with Gasteiger partial charge in [-0.15, -0.1) is 0 Å². The molecule has 0 atom stereocenters. The monoisotopic (exact) mass is 273 g/mol. The fourth-order valence-corrected chi connectivity index (χ4v) is 2.05. The molecule has 0 bridgehead atoms. The zero-order valence-corrected chi connectivity index (χ0v) is 11.6. The molecule has 1 aliphatic carbocycles. The van der Waals surface area contributed by atoms with E-state index in [1.54, 1.807) is 24.1 Å². The van der Waals surface area contributed by atoms with Gasteiger partial charge in [0, 0.05) is 26.0 Å². The molecule has 0 amide bonds. The number of nitrogens with one attached hydrogen (secondary N) is 2. The van der Waals surface area contributed by atoms with Crippen LogP contribution in [0.3, 0.4) is 0 Å². The summed E-state index contributed by atoms with van der Waals surface area (Å²) in [4.78, 5) is 17.0. The maximum atomic E-state index is 4.41. The van der Waals surface area contributed by atoms with Gasteiger partial charge < -0.3 is 10.6 Å². The van der Waals surface area contributed by atoms with E-state index < -0.39 is 0 Å². The van der Waals surface area contributed by atoms with E-state index in [4.69, 9.17) is 0 Å². The molecule has 1 saturated carbocycles. The van der Waals surface area contributed by atoms with Gasteiger partial charge in [0.05, 0.1) is 0 Å². The van der Waals surface area contributed by atoms with Gasteiger partial charge in [-0.3, -0.25) is 4.57 Å². The molecule has 0 unspecified atom stereocenters. The van der Waals surface area contributed by atoms with Gasteiger partial charge in [0.2, 0.25) is 17.8 Å². The van der Waals surface area contributed by atoms with E-state index in [9.17, 15) is 0 Å². The number of anilines is 2. The Balaban J connectivity index is 1.67. The normalized spacial score (nSPS) is 14.2. The third-order valence-corrected chi connectivity index (χ3v) is 3.35. The minimum absolute atomic E-state index is 0.549. The summed E-state index contributed by atoms with van der Waals surface area (Å²) in [7, 11) is 1.80. The van der Waals surface area contributed by atoms with E-state index in [0.717, 1.165) is 18.9 Å². The highest BCUT2D eigenvalue weighted by Crippen LogP contribution is 2.33. The highest BCUT2D eigenvalue weighted by atomic mass is 15.3. The second kappa shape index (κ2) is 5.85. The third kappa shape index (κ3) is 3.23. The van der Waals surface area contributed by atoms with Gasteiger partial charge in [0.25, 0.3) is 0 Å². The summed E-state index contributed by atoms with van der Waals surface area (Å²) in [5.41, 5.74) is 0. The molecule has 0 aromatic carbocycles. The van der Waals surface area contributed by atoms with Crippen LogP contribution >= 0.6 is 0 Å². The summed E-state index contributed by atoms with van der Waals surface area (Å²) in [6, 6.07) is 0. The molecular formula is C13H19N7. The fourth-order valence-electron chi connectivity index (χ4n) is 2.05. The standard InChI is InChI=1S/C13H19N7/c1-14-11-17-12(16-6-2-3-10-4-5-10)19-13(18-11)20-8-7-15-9-20/h7-10H,2-6H2,1H3,(H2,14,16,17,18,19). The van der Waals surface area contributed by atoms with Crippen LogP contribution in [0.1, 0.15) is 25.7 Å². The van der Waals surface area contributed by atoms with Crippen molar-refractivity contribution in [1.29, 1.82) is 0 Å². The van der Waals surface area contributed by atoms with Crippen molar-refractivity contribution >= 4 is 11.9 Å². The van der Waals surface area contributed by atoms with Crippen molar-refractivity contribution in [2.75, 3.05) is 24.2 Å². The maximum Gasteiger partial charge on any atom is 0.241 e. The van der Waals surface area contributed by atoms with Crippen LogP contribution in [0.25, 0.3) is 5.95 Å². The number of rotatable bonds is 7. The van der Waals surface area contributed by atoms with E-state index in [-0.39, 0.29) is 0 Å². The van der Waals surface area contributed by atoms with E-state index in [0.29, 0.717) is 17.8 Å². The van der Waals surface area contributed by atoms with Gasteiger partial charge in [-0.1, -0.05) is 12.8 Å². The van der Waals surface area contributed by atoms with Gasteiger partial charge in [-0.2, -0.15) is 15.0 Å². The largest absolute Gasteiger partial charge is 0.357 e. The Morgan fingerprint density at radius 2 is 2.10 bits per heavy atom. The first kappa shape index (κ1) is 12.8. The SMILES string of the molecule is CNc1nc(NCCCC2CC2)nc(-n2ccnc2)n1. The second-order valence-electron chi connectivity index (χ2n) is 5.01. The summed E-state index contributed by atoms with van der Waals surface area (Å²) in [5, 5.41) is 6.22. The van der Waals surface area contributed by atoms with Gasteiger partial charge in [0.1, 0.15) is 6.33 Å². The molecule has 2 aromatic rings. The third-order valence-electron chi connectivity index (χ3n) is 3.35. The van der Waals surface area contributed by atoms with Crippen molar-refractivity contribution in [3.05, 3.63) is 18.7 Å². The lowest BCUT2D eigenvalue weighted by atomic mass is 10.2. The molecule has 2 aromatic heterocycles. The predicted octanol–water partition coefficient (Wildman–Crippen LogP) is 1.70. The quantitative estimate of drug-likeness (QED) is 0.747. The van der Waals surface area contributed by atoms with Crippen molar-refractivity contribution < 1.29 is 0 Å². The Kier molecular flexibility index (Phi) is 3.76.